The van der Waals surface area contributed by atoms with E-state index >= 15 is 0 Å². The number of phenols is 1. The number of aromatic hydroxyl groups is 1. The highest BCUT2D eigenvalue weighted by atomic mass is 16.6. The molecule has 2 unspecified atom stereocenters. The van der Waals surface area contributed by atoms with Crippen LogP contribution in [0, 0.1) is 11.1 Å². The van der Waals surface area contributed by atoms with Crippen LogP contribution in [0.4, 0.5) is 0 Å². The van der Waals surface area contributed by atoms with Crippen LogP contribution in [0.25, 0.3) is 0 Å². The number of carbonyl (C=O) groups is 1. The van der Waals surface area contributed by atoms with E-state index in [1.165, 1.54) is 0 Å². The predicted molar refractivity (Wildman–Crippen MR) is 91.6 cm³/mol. The summed E-state index contributed by atoms with van der Waals surface area (Å²) in [6, 6.07) is 2.98. The Bertz CT molecular complexity index is 851. The van der Waals surface area contributed by atoms with Crippen molar-refractivity contribution in [3.8, 4) is 11.5 Å². The molecule has 0 radical (unpaired) electrons. The zero-order chi connectivity index (χ0) is 17.9. The summed E-state index contributed by atoms with van der Waals surface area (Å²) in [5, 5.41) is 36.1. The zero-order valence-electron chi connectivity index (χ0n) is 14.6. The maximum Gasteiger partial charge on any atom is 0.174 e. The maximum atomic E-state index is 13.9. The third-order valence-corrected chi connectivity index (χ3v) is 7.85. The zero-order valence-corrected chi connectivity index (χ0v) is 14.6. The van der Waals surface area contributed by atoms with Gasteiger partial charge in [0.05, 0.1) is 18.5 Å². The summed E-state index contributed by atoms with van der Waals surface area (Å²) in [5.74, 6) is 0.827. The molecule has 138 valence electrons. The molecule has 2 aliphatic heterocycles. The first-order chi connectivity index (χ1) is 12.4. The molecular formula is C20H23NO5. The van der Waals surface area contributed by atoms with Gasteiger partial charge in [0.2, 0.25) is 0 Å². The van der Waals surface area contributed by atoms with Gasteiger partial charge in [0, 0.05) is 30.7 Å². The van der Waals surface area contributed by atoms with Crippen LogP contribution in [-0.4, -0.2) is 51.5 Å². The molecule has 0 amide bonds. The predicted octanol–water partition coefficient (Wildman–Crippen LogP) is 1.54. The van der Waals surface area contributed by atoms with E-state index < -0.39 is 23.2 Å². The summed E-state index contributed by atoms with van der Waals surface area (Å²) < 4.78 is 5.63. The molecule has 3 fully saturated rings. The molecule has 5 aliphatic rings. The van der Waals surface area contributed by atoms with E-state index in [0.29, 0.717) is 44.0 Å². The fourth-order valence-corrected chi connectivity index (χ4v) is 6.54. The molecule has 6 nitrogen and oxygen atoms in total. The molecule has 6 rings (SSSR count). The highest BCUT2D eigenvalue weighted by molar-refractivity contribution is 5.90. The van der Waals surface area contributed by atoms with Gasteiger partial charge in [-0.05, 0) is 30.9 Å². The standard InChI is InChI=1S/C20H23NO5/c22-13-4-3-12-9-15-20(24)6-5-14(23)18-19(20,16(12)17(13)26-18)7-8-21(15,25)10-11-1-2-11/h3-4,11,15,18,22,24H,1-2,5-10H2/t15-,18?,19+,20-,21?/m1/s1. The van der Waals surface area contributed by atoms with Crippen LogP contribution >= 0.6 is 0 Å². The first-order valence-electron chi connectivity index (χ1n) is 9.74. The van der Waals surface area contributed by atoms with Crippen molar-refractivity contribution in [3.63, 3.8) is 0 Å². The highest BCUT2D eigenvalue weighted by Crippen LogP contribution is 2.66. The minimum atomic E-state index is -1.24. The van der Waals surface area contributed by atoms with Gasteiger partial charge in [-0.1, -0.05) is 6.07 Å². The molecule has 1 spiro atoms. The lowest BCUT2D eigenvalue weighted by Crippen LogP contribution is -2.80. The Labute approximate surface area is 151 Å². The molecule has 2 bridgehead atoms. The number of carbonyl (C=O) groups excluding carboxylic acids is 1. The number of hydroxylamine groups is 3. The second kappa shape index (κ2) is 4.43. The fourth-order valence-electron chi connectivity index (χ4n) is 6.54. The number of hydrogen-bond donors (Lipinski definition) is 2. The Balaban J connectivity index is 1.60. The number of piperidine rings is 1. The molecular weight excluding hydrogens is 334 g/mol. The molecule has 6 heteroatoms. The van der Waals surface area contributed by atoms with E-state index in [-0.39, 0.29) is 22.6 Å². The van der Waals surface area contributed by atoms with Crippen molar-refractivity contribution in [1.82, 2.24) is 0 Å². The number of Topliss-reactive ketones (excluding diaryl/α,β-unsaturated/α-hetero) is 1. The topological polar surface area (TPSA) is 89.8 Å². The van der Waals surface area contributed by atoms with E-state index in [1.807, 2.05) is 6.07 Å². The minimum absolute atomic E-state index is 0.0209. The number of nitrogens with zero attached hydrogens (tertiary/aromatic N) is 1. The van der Waals surface area contributed by atoms with Gasteiger partial charge in [-0.15, -0.1) is 0 Å². The first kappa shape index (κ1) is 15.4. The van der Waals surface area contributed by atoms with Crippen molar-refractivity contribution in [1.29, 1.82) is 0 Å². The summed E-state index contributed by atoms with van der Waals surface area (Å²) in [5.41, 5.74) is -0.359. The molecule has 1 aromatic carbocycles. The number of ketones is 1. The Kier molecular flexibility index (Phi) is 2.63. The van der Waals surface area contributed by atoms with Crippen LogP contribution < -0.4 is 4.74 Å². The van der Waals surface area contributed by atoms with Crippen molar-refractivity contribution < 1.29 is 24.4 Å². The molecule has 0 aromatic heterocycles. The second-order valence-corrected chi connectivity index (χ2v) is 9.08. The quantitative estimate of drug-likeness (QED) is 0.619. The number of ether oxygens (including phenoxy) is 1. The Morgan fingerprint density at radius 2 is 2.12 bits per heavy atom. The van der Waals surface area contributed by atoms with Gasteiger partial charge in [-0.25, -0.2) is 0 Å². The smallest absolute Gasteiger partial charge is 0.174 e. The lowest BCUT2D eigenvalue weighted by Gasteiger charge is -2.67. The molecule has 2 N–H and O–H groups in total. The van der Waals surface area contributed by atoms with E-state index in [1.54, 1.807) is 6.07 Å². The normalized spacial score (nSPS) is 45.2. The number of phenolic OH excluding ortho intramolecular Hbond substituents is 1. The number of aliphatic hydroxyl groups is 1. The van der Waals surface area contributed by atoms with Crippen molar-refractivity contribution in [2.75, 3.05) is 13.1 Å². The largest absolute Gasteiger partial charge is 0.632 e. The molecule has 2 saturated carbocycles. The van der Waals surface area contributed by atoms with Crippen LogP contribution in [0.5, 0.6) is 11.5 Å². The molecule has 2 heterocycles. The summed E-state index contributed by atoms with van der Waals surface area (Å²) in [7, 11) is 0. The van der Waals surface area contributed by atoms with Gasteiger partial charge >= 0.3 is 0 Å². The van der Waals surface area contributed by atoms with Crippen LogP contribution in [-0.2, 0) is 16.6 Å². The van der Waals surface area contributed by atoms with E-state index in [4.69, 9.17) is 4.74 Å². The number of benzene rings is 1. The lowest BCUT2D eigenvalue weighted by molar-refractivity contribution is -0.923. The van der Waals surface area contributed by atoms with Gasteiger partial charge in [0.1, 0.15) is 11.6 Å². The van der Waals surface area contributed by atoms with Gasteiger partial charge in [0.25, 0.3) is 0 Å². The Morgan fingerprint density at radius 1 is 1.31 bits per heavy atom. The van der Waals surface area contributed by atoms with Gasteiger partial charge in [0.15, 0.2) is 23.4 Å². The van der Waals surface area contributed by atoms with Crippen molar-refractivity contribution in [3.05, 3.63) is 28.5 Å². The number of rotatable bonds is 2. The van der Waals surface area contributed by atoms with Crippen LogP contribution in [0.1, 0.15) is 43.2 Å². The monoisotopic (exact) mass is 357 g/mol. The number of likely N-dealkylation sites (tertiary alicyclic amines) is 1. The van der Waals surface area contributed by atoms with Gasteiger partial charge in [-0.2, -0.15) is 0 Å². The first-order valence-corrected chi connectivity index (χ1v) is 9.74. The van der Waals surface area contributed by atoms with E-state index in [2.05, 4.69) is 0 Å². The van der Waals surface area contributed by atoms with Crippen molar-refractivity contribution in [2.45, 2.75) is 61.7 Å². The van der Waals surface area contributed by atoms with Gasteiger partial charge in [-0.3, -0.25) is 4.79 Å². The molecule has 3 aliphatic carbocycles. The fraction of sp³-hybridized carbons (Fsp3) is 0.650. The van der Waals surface area contributed by atoms with Crippen LogP contribution in [0.3, 0.4) is 0 Å². The number of quaternary nitrogens is 1. The second-order valence-electron chi connectivity index (χ2n) is 9.08. The van der Waals surface area contributed by atoms with Crippen LogP contribution in [0.15, 0.2) is 12.1 Å². The average molecular weight is 357 g/mol. The highest BCUT2D eigenvalue weighted by Gasteiger charge is 2.76. The molecule has 1 aromatic rings. The Hall–Kier alpha value is -1.63. The van der Waals surface area contributed by atoms with Crippen molar-refractivity contribution >= 4 is 5.78 Å². The van der Waals surface area contributed by atoms with Crippen LogP contribution in [0.2, 0.25) is 0 Å². The third-order valence-electron chi connectivity index (χ3n) is 7.85. The average Bonchev–Trinajstić information content (AvgIpc) is 3.32. The lowest BCUT2D eigenvalue weighted by atomic mass is 9.49. The molecule has 1 saturated heterocycles. The van der Waals surface area contributed by atoms with Gasteiger partial charge < -0.3 is 24.8 Å². The maximum absolute atomic E-state index is 13.9. The number of hydrogen-bond acceptors (Lipinski definition) is 5. The Morgan fingerprint density at radius 3 is 2.88 bits per heavy atom. The SMILES string of the molecule is O=C1CC[C@@]2(O)[C@H]3Cc4ccc(O)c5c4[C@@]2(CC[N+]3([O-])CC2CC2)C1O5. The molecule has 26 heavy (non-hydrogen) atoms. The molecule has 5 atom stereocenters. The third kappa shape index (κ3) is 1.54. The minimum Gasteiger partial charge on any atom is -0.632 e. The van der Waals surface area contributed by atoms with E-state index in [9.17, 15) is 20.2 Å². The summed E-state index contributed by atoms with van der Waals surface area (Å²) in [6.07, 6.45) is 2.91. The summed E-state index contributed by atoms with van der Waals surface area (Å²) in [6.45, 7) is 0.980. The van der Waals surface area contributed by atoms with E-state index in [0.717, 1.165) is 24.0 Å². The van der Waals surface area contributed by atoms with Crippen molar-refractivity contribution in [2.24, 2.45) is 5.92 Å². The summed E-state index contributed by atoms with van der Waals surface area (Å²) in [4.78, 5) is 12.7. The summed E-state index contributed by atoms with van der Waals surface area (Å²) >= 11 is 0.